The van der Waals surface area contributed by atoms with Crippen molar-refractivity contribution in [3.8, 4) is 0 Å². The average molecular weight is 195 g/mol. The number of hydrogen-bond donors (Lipinski definition) is 0. The smallest absolute Gasteiger partial charge is 0.154 e. The molecule has 0 aliphatic carbocycles. The van der Waals surface area contributed by atoms with Gasteiger partial charge >= 0.3 is 0 Å². The third kappa shape index (κ3) is 2.94. The van der Waals surface area contributed by atoms with Crippen molar-refractivity contribution in [3.63, 3.8) is 0 Å². The first-order valence-electron chi connectivity index (χ1n) is 4.75. The van der Waals surface area contributed by atoms with Gasteiger partial charge in [0.25, 0.3) is 0 Å². The van der Waals surface area contributed by atoms with Crippen LogP contribution in [0.5, 0.6) is 0 Å². The standard InChI is InChI=1S/C10H17N3O/c1-8(14)9(5-10(2,3)4)13-7-11-6-12-13/h6-7,9H,5H2,1-4H3. The van der Waals surface area contributed by atoms with Gasteiger partial charge in [0.2, 0.25) is 0 Å². The summed E-state index contributed by atoms with van der Waals surface area (Å²) in [5.74, 6) is 0.130. The summed E-state index contributed by atoms with van der Waals surface area (Å²) in [5, 5.41) is 4.01. The predicted octanol–water partition coefficient (Wildman–Crippen LogP) is 1.84. The summed E-state index contributed by atoms with van der Waals surface area (Å²) in [7, 11) is 0. The fraction of sp³-hybridized carbons (Fsp3) is 0.700. The van der Waals surface area contributed by atoms with Gasteiger partial charge in [-0.25, -0.2) is 9.67 Å². The van der Waals surface area contributed by atoms with Gasteiger partial charge in [-0.05, 0) is 18.8 Å². The molecule has 0 bridgehead atoms. The second-order valence-electron chi connectivity index (χ2n) is 4.77. The number of rotatable bonds is 3. The minimum absolute atomic E-state index is 0.113. The van der Waals surface area contributed by atoms with Crippen LogP contribution in [0.2, 0.25) is 0 Å². The van der Waals surface area contributed by atoms with Gasteiger partial charge < -0.3 is 0 Å². The summed E-state index contributed by atoms with van der Waals surface area (Å²) >= 11 is 0. The Bertz CT molecular complexity index is 298. The third-order valence-corrected chi connectivity index (χ3v) is 2.03. The van der Waals surface area contributed by atoms with E-state index in [4.69, 9.17) is 0 Å². The van der Waals surface area contributed by atoms with Gasteiger partial charge in [-0.15, -0.1) is 0 Å². The zero-order valence-corrected chi connectivity index (χ0v) is 9.19. The first kappa shape index (κ1) is 10.9. The molecule has 0 fully saturated rings. The second-order valence-corrected chi connectivity index (χ2v) is 4.77. The molecule has 1 rings (SSSR count). The zero-order chi connectivity index (χ0) is 10.8. The molecule has 1 atom stereocenters. The van der Waals surface area contributed by atoms with Crippen LogP contribution in [0.15, 0.2) is 12.7 Å². The summed E-state index contributed by atoms with van der Waals surface area (Å²) in [6, 6.07) is -0.183. The fourth-order valence-electron chi connectivity index (χ4n) is 1.38. The van der Waals surface area contributed by atoms with Crippen LogP contribution in [0.1, 0.15) is 40.2 Å². The minimum Gasteiger partial charge on any atom is -0.298 e. The normalized spacial score (nSPS) is 14.0. The van der Waals surface area contributed by atoms with E-state index in [1.807, 2.05) is 0 Å². The van der Waals surface area contributed by atoms with Gasteiger partial charge in [0, 0.05) is 0 Å². The highest BCUT2D eigenvalue weighted by molar-refractivity contribution is 5.79. The molecule has 0 N–H and O–H groups in total. The van der Waals surface area contributed by atoms with Crippen LogP contribution in [0.4, 0.5) is 0 Å². The van der Waals surface area contributed by atoms with Gasteiger partial charge in [-0.3, -0.25) is 4.79 Å². The van der Waals surface area contributed by atoms with Crippen molar-refractivity contribution in [1.82, 2.24) is 14.8 Å². The Morgan fingerprint density at radius 2 is 2.14 bits per heavy atom. The quantitative estimate of drug-likeness (QED) is 0.739. The Balaban J connectivity index is 2.82. The predicted molar refractivity (Wildman–Crippen MR) is 53.8 cm³/mol. The molecule has 78 valence electrons. The molecule has 1 unspecified atom stereocenters. The zero-order valence-electron chi connectivity index (χ0n) is 9.19. The van der Waals surface area contributed by atoms with E-state index in [1.165, 1.54) is 6.33 Å². The van der Waals surface area contributed by atoms with E-state index in [2.05, 4.69) is 30.9 Å². The van der Waals surface area contributed by atoms with Crippen molar-refractivity contribution < 1.29 is 4.79 Å². The average Bonchev–Trinajstić information content (AvgIpc) is 2.49. The molecule has 0 aromatic carbocycles. The summed E-state index contributed by atoms with van der Waals surface area (Å²) in [4.78, 5) is 15.3. The molecule has 0 amide bonds. The van der Waals surface area contributed by atoms with Gasteiger partial charge in [0.1, 0.15) is 18.7 Å². The lowest BCUT2D eigenvalue weighted by molar-refractivity contribution is -0.121. The number of carbonyl (C=O) groups excluding carboxylic acids is 1. The van der Waals surface area contributed by atoms with E-state index in [9.17, 15) is 4.79 Å². The molecule has 1 aromatic rings. The molecule has 4 heteroatoms. The van der Waals surface area contributed by atoms with E-state index in [1.54, 1.807) is 17.9 Å². The van der Waals surface area contributed by atoms with Crippen molar-refractivity contribution in [2.75, 3.05) is 0 Å². The van der Waals surface area contributed by atoms with Crippen LogP contribution in [0, 0.1) is 5.41 Å². The van der Waals surface area contributed by atoms with E-state index >= 15 is 0 Å². The summed E-state index contributed by atoms with van der Waals surface area (Å²) in [6.07, 6.45) is 3.84. The third-order valence-electron chi connectivity index (χ3n) is 2.03. The molecule has 0 saturated carbocycles. The molecule has 0 radical (unpaired) electrons. The molecule has 4 nitrogen and oxygen atoms in total. The van der Waals surface area contributed by atoms with Gasteiger partial charge in [0.05, 0.1) is 0 Å². The van der Waals surface area contributed by atoms with Crippen LogP contribution < -0.4 is 0 Å². The highest BCUT2D eigenvalue weighted by Gasteiger charge is 2.24. The largest absolute Gasteiger partial charge is 0.298 e. The van der Waals surface area contributed by atoms with E-state index < -0.39 is 0 Å². The Kier molecular flexibility index (Phi) is 3.03. The highest BCUT2D eigenvalue weighted by Crippen LogP contribution is 2.27. The summed E-state index contributed by atoms with van der Waals surface area (Å²) in [5.41, 5.74) is 0.113. The molecule has 1 heterocycles. The number of nitrogens with zero attached hydrogens (tertiary/aromatic N) is 3. The van der Waals surface area contributed by atoms with Crippen molar-refractivity contribution in [2.24, 2.45) is 5.41 Å². The number of ketones is 1. The number of carbonyl (C=O) groups is 1. The molecule has 14 heavy (non-hydrogen) atoms. The van der Waals surface area contributed by atoms with Crippen LogP contribution in [0.25, 0.3) is 0 Å². The SMILES string of the molecule is CC(=O)C(CC(C)(C)C)n1cncn1. The van der Waals surface area contributed by atoms with E-state index in [0.717, 1.165) is 6.42 Å². The lowest BCUT2D eigenvalue weighted by atomic mass is 9.87. The molecular weight excluding hydrogens is 178 g/mol. The molecular formula is C10H17N3O. The molecule has 1 aromatic heterocycles. The number of aromatic nitrogens is 3. The number of Topliss-reactive ketones (excluding diaryl/α,β-unsaturated/α-hetero) is 1. The van der Waals surface area contributed by atoms with Gasteiger partial charge in [-0.1, -0.05) is 20.8 Å². The van der Waals surface area contributed by atoms with Crippen LogP contribution in [-0.4, -0.2) is 20.5 Å². The molecule has 0 aliphatic rings. The van der Waals surface area contributed by atoms with Crippen LogP contribution in [-0.2, 0) is 4.79 Å². The summed E-state index contributed by atoms with van der Waals surface area (Å²) < 4.78 is 1.63. The van der Waals surface area contributed by atoms with Crippen molar-refractivity contribution >= 4 is 5.78 Å². The second kappa shape index (κ2) is 3.90. The molecule has 0 aliphatic heterocycles. The maximum atomic E-state index is 11.4. The summed E-state index contributed by atoms with van der Waals surface area (Å²) in [6.45, 7) is 7.93. The first-order valence-corrected chi connectivity index (χ1v) is 4.75. The monoisotopic (exact) mass is 195 g/mol. The minimum atomic E-state index is -0.183. The highest BCUT2D eigenvalue weighted by atomic mass is 16.1. The van der Waals surface area contributed by atoms with Crippen LogP contribution in [0.3, 0.4) is 0 Å². The van der Waals surface area contributed by atoms with Crippen molar-refractivity contribution in [3.05, 3.63) is 12.7 Å². The van der Waals surface area contributed by atoms with Gasteiger partial charge in [-0.2, -0.15) is 5.10 Å². The maximum absolute atomic E-state index is 11.4. The topological polar surface area (TPSA) is 47.8 Å². The number of hydrogen-bond acceptors (Lipinski definition) is 3. The lowest BCUT2D eigenvalue weighted by Crippen LogP contribution is -2.23. The van der Waals surface area contributed by atoms with Gasteiger partial charge in [0.15, 0.2) is 5.78 Å². The van der Waals surface area contributed by atoms with Crippen molar-refractivity contribution in [1.29, 1.82) is 0 Å². The Morgan fingerprint density at radius 1 is 1.50 bits per heavy atom. The Morgan fingerprint density at radius 3 is 2.50 bits per heavy atom. The first-order chi connectivity index (χ1) is 6.40. The molecule has 0 spiro atoms. The van der Waals surface area contributed by atoms with E-state index in [-0.39, 0.29) is 17.2 Å². The Hall–Kier alpha value is -1.19. The van der Waals surface area contributed by atoms with Crippen LogP contribution >= 0.6 is 0 Å². The maximum Gasteiger partial charge on any atom is 0.154 e. The van der Waals surface area contributed by atoms with E-state index in [0.29, 0.717) is 0 Å². The molecule has 0 saturated heterocycles. The fourth-order valence-corrected chi connectivity index (χ4v) is 1.38. The Labute approximate surface area is 84.3 Å². The van der Waals surface area contributed by atoms with Crippen molar-refractivity contribution in [2.45, 2.75) is 40.2 Å². The lowest BCUT2D eigenvalue weighted by Gasteiger charge is -2.23.